The van der Waals surface area contributed by atoms with Crippen molar-refractivity contribution in [3.63, 3.8) is 0 Å². The van der Waals surface area contributed by atoms with Crippen molar-refractivity contribution in [1.82, 2.24) is 0 Å². The summed E-state index contributed by atoms with van der Waals surface area (Å²) >= 11 is 5.80. The molecule has 2 rings (SSSR count). The summed E-state index contributed by atoms with van der Waals surface area (Å²) in [6, 6.07) is 12.1. The Kier molecular flexibility index (Phi) is 1.88. The molecule has 1 nitrogen and oxygen atoms in total. The Labute approximate surface area is 75.6 Å². The fourth-order valence-corrected chi connectivity index (χ4v) is 1.18. The summed E-state index contributed by atoms with van der Waals surface area (Å²) < 4.78 is 5.18. The fourth-order valence-electron chi connectivity index (χ4n) is 1.01. The molecule has 0 spiro atoms. The van der Waals surface area contributed by atoms with Crippen LogP contribution in [0, 0.1) is 6.07 Å². The molecule has 12 heavy (non-hydrogen) atoms. The molecule has 0 unspecified atom stereocenters. The number of hydrogen-bond acceptors (Lipinski definition) is 1. The summed E-state index contributed by atoms with van der Waals surface area (Å²) in [4.78, 5) is 0. The van der Waals surface area contributed by atoms with Crippen LogP contribution in [0.1, 0.15) is 0 Å². The average molecular weight is 178 g/mol. The second-order valence-corrected chi connectivity index (χ2v) is 2.83. The smallest absolute Gasteiger partial charge is 0.134 e. The Balaban J connectivity index is 2.48. The molecule has 2 aromatic rings. The first-order chi connectivity index (χ1) is 5.86. The molecule has 59 valence electrons. The van der Waals surface area contributed by atoms with Gasteiger partial charge in [0.2, 0.25) is 0 Å². The highest BCUT2D eigenvalue weighted by atomic mass is 35.5. The minimum absolute atomic E-state index is 0.695. The van der Waals surface area contributed by atoms with E-state index in [1.54, 1.807) is 18.4 Å². The Morgan fingerprint density at radius 2 is 2.25 bits per heavy atom. The van der Waals surface area contributed by atoms with E-state index in [1.807, 2.05) is 18.2 Å². The van der Waals surface area contributed by atoms with E-state index >= 15 is 0 Å². The molecule has 0 aliphatic heterocycles. The summed E-state index contributed by atoms with van der Waals surface area (Å²) in [6.45, 7) is 0. The van der Waals surface area contributed by atoms with E-state index in [0.29, 0.717) is 5.02 Å². The Bertz CT molecular complexity index is 365. The minimum Gasteiger partial charge on any atom is -0.464 e. The number of rotatable bonds is 1. The van der Waals surface area contributed by atoms with Crippen LogP contribution < -0.4 is 0 Å². The van der Waals surface area contributed by atoms with E-state index in [9.17, 15) is 0 Å². The van der Waals surface area contributed by atoms with Gasteiger partial charge in [0.1, 0.15) is 5.76 Å². The molecule has 1 aromatic carbocycles. The third-order valence-electron chi connectivity index (χ3n) is 1.55. The predicted molar refractivity (Wildman–Crippen MR) is 48.0 cm³/mol. The minimum atomic E-state index is 0.695. The van der Waals surface area contributed by atoms with E-state index in [-0.39, 0.29) is 0 Å². The van der Waals surface area contributed by atoms with E-state index < -0.39 is 0 Å². The molecule has 1 aromatic heterocycles. The average Bonchev–Trinajstić information content (AvgIpc) is 2.56. The van der Waals surface area contributed by atoms with Gasteiger partial charge in [-0.1, -0.05) is 17.7 Å². The largest absolute Gasteiger partial charge is 0.464 e. The van der Waals surface area contributed by atoms with Crippen molar-refractivity contribution in [1.29, 1.82) is 0 Å². The van der Waals surface area contributed by atoms with Gasteiger partial charge in [-0.15, -0.1) is 0 Å². The fraction of sp³-hybridized carbons (Fsp3) is 0. The van der Waals surface area contributed by atoms with Crippen molar-refractivity contribution in [3.8, 4) is 11.3 Å². The van der Waals surface area contributed by atoms with Crippen LogP contribution in [0.5, 0.6) is 0 Å². The summed E-state index contributed by atoms with van der Waals surface area (Å²) in [5.41, 5.74) is 0.882. The molecule has 0 atom stereocenters. The van der Waals surface area contributed by atoms with Crippen LogP contribution in [0.15, 0.2) is 41.0 Å². The lowest BCUT2D eigenvalue weighted by molar-refractivity contribution is 0.582. The molecule has 0 saturated heterocycles. The Morgan fingerprint density at radius 1 is 1.33 bits per heavy atom. The van der Waals surface area contributed by atoms with Gasteiger partial charge < -0.3 is 4.42 Å². The van der Waals surface area contributed by atoms with Crippen molar-refractivity contribution in [2.75, 3.05) is 0 Å². The van der Waals surface area contributed by atoms with Gasteiger partial charge in [0.05, 0.1) is 6.26 Å². The van der Waals surface area contributed by atoms with Gasteiger partial charge in [0.15, 0.2) is 0 Å². The molecule has 1 radical (unpaired) electrons. The lowest BCUT2D eigenvalue weighted by Crippen LogP contribution is -1.72. The molecular weight excluding hydrogens is 172 g/mol. The molecule has 0 aliphatic rings. The van der Waals surface area contributed by atoms with Crippen LogP contribution in [0.4, 0.5) is 0 Å². The second kappa shape index (κ2) is 3.03. The first-order valence-electron chi connectivity index (χ1n) is 3.57. The molecular formula is C10H6ClO. The van der Waals surface area contributed by atoms with Gasteiger partial charge in [0, 0.05) is 10.6 Å². The maximum absolute atomic E-state index is 5.80. The Morgan fingerprint density at radius 3 is 2.92 bits per heavy atom. The zero-order chi connectivity index (χ0) is 8.39. The monoisotopic (exact) mass is 177 g/mol. The van der Waals surface area contributed by atoms with Crippen LogP contribution in [-0.2, 0) is 0 Å². The molecule has 0 amide bonds. The summed E-state index contributed by atoms with van der Waals surface area (Å²) in [6.07, 6.45) is 1.63. The second-order valence-electron chi connectivity index (χ2n) is 2.40. The first-order valence-corrected chi connectivity index (χ1v) is 3.95. The quantitative estimate of drug-likeness (QED) is 0.651. The summed E-state index contributed by atoms with van der Waals surface area (Å²) in [5.74, 6) is 0.789. The van der Waals surface area contributed by atoms with E-state index in [4.69, 9.17) is 16.0 Å². The summed E-state index contributed by atoms with van der Waals surface area (Å²) in [7, 11) is 0. The lowest BCUT2D eigenvalue weighted by atomic mass is 10.2. The topological polar surface area (TPSA) is 13.1 Å². The van der Waals surface area contributed by atoms with Gasteiger partial charge in [-0.3, -0.25) is 0 Å². The van der Waals surface area contributed by atoms with E-state index in [1.165, 1.54) is 0 Å². The SMILES string of the molecule is Clc1cc[c]c(-c2ccco2)c1. The van der Waals surface area contributed by atoms with Gasteiger partial charge >= 0.3 is 0 Å². The summed E-state index contributed by atoms with van der Waals surface area (Å²) in [5, 5.41) is 0.695. The van der Waals surface area contributed by atoms with Crippen LogP contribution in [0.25, 0.3) is 11.3 Å². The van der Waals surface area contributed by atoms with Crippen molar-refractivity contribution < 1.29 is 4.42 Å². The van der Waals surface area contributed by atoms with Crippen LogP contribution in [-0.4, -0.2) is 0 Å². The first kappa shape index (κ1) is 7.44. The normalized spacial score (nSPS) is 10.1. The molecule has 2 heteroatoms. The maximum atomic E-state index is 5.80. The predicted octanol–water partition coefficient (Wildman–Crippen LogP) is 3.40. The highest BCUT2D eigenvalue weighted by molar-refractivity contribution is 6.30. The van der Waals surface area contributed by atoms with E-state index in [2.05, 4.69) is 6.07 Å². The molecule has 0 N–H and O–H groups in total. The van der Waals surface area contributed by atoms with Crippen molar-refractivity contribution in [3.05, 3.63) is 47.7 Å². The third-order valence-corrected chi connectivity index (χ3v) is 1.79. The van der Waals surface area contributed by atoms with E-state index in [0.717, 1.165) is 11.3 Å². The van der Waals surface area contributed by atoms with Crippen LogP contribution in [0.2, 0.25) is 5.02 Å². The van der Waals surface area contributed by atoms with Crippen molar-refractivity contribution >= 4 is 11.6 Å². The number of benzene rings is 1. The standard InChI is InChI=1S/C10H6ClO/c11-9-4-1-3-8(7-9)10-5-2-6-12-10/h1-2,4-7H. The molecule has 1 heterocycles. The highest BCUT2D eigenvalue weighted by Gasteiger charge is 1.99. The van der Waals surface area contributed by atoms with Gasteiger partial charge in [-0.25, -0.2) is 0 Å². The molecule has 0 bridgehead atoms. The molecule has 0 saturated carbocycles. The van der Waals surface area contributed by atoms with Crippen molar-refractivity contribution in [2.45, 2.75) is 0 Å². The Hall–Kier alpha value is -1.21. The van der Waals surface area contributed by atoms with Gasteiger partial charge in [0.25, 0.3) is 0 Å². The third kappa shape index (κ3) is 1.36. The zero-order valence-corrected chi connectivity index (χ0v) is 7.01. The lowest BCUT2D eigenvalue weighted by Gasteiger charge is -1.94. The maximum Gasteiger partial charge on any atom is 0.134 e. The zero-order valence-electron chi connectivity index (χ0n) is 6.25. The molecule has 0 aliphatic carbocycles. The van der Waals surface area contributed by atoms with Crippen LogP contribution >= 0.6 is 11.6 Å². The number of hydrogen-bond donors (Lipinski definition) is 0. The van der Waals surface area contributed by atoms with Crippen molar-refractivity contribution in [2.24, 2.45) is 0 Å². The van der Waals surface area contributed by atoms with Gasteiger partial charge in [-0.2, -0.15) is 0 Å². The van der Waals surface area contributed by atoms with Gasteiger partial charge in [-0.05, 0) is 30.3 Å². The molecule has 0 fully saturated rings. The van der Waals surface area contributed by atoms with Crippen LogP contribution in [0.3, 0.4) is 0 Å². The number of furan rings is 1. The number of halogens is 1. The highest BCUT2D eigenvalue weighted by Crippen LogP contribution is 2.21.